The monoisotopic (exact) mass is 459 g/mol. The average Bonchev–Trinajstić information content (AvgIpc) is 3.23. The Morgan fingerprint density at radius 3 is 2.27 bits per heavy atom. The molecule has 3 N–H and O–H groups in total. The smallest absolute Gasteiger partial charge is 0.294 e. The van der Waals surface area contributed by atoms with Crippen LogP contribution < -0.4 is 0 Å². The van der Waals surface area contributed by atoms with Gasteiger partial charge in [-0.3, -0.25) is 9.54 Å². The number of aromatic hydroxyl groups is 1. The van der Waals surface area contributed by atoms with E-state index in [-0.39, 0.29) is 10.6 Å². The maximum absolute atomic E-state index is 10.5. The van der Waals surface area contributed by atoms with Gasteiger partial charge in [0.1, 0.15) is 11.4 Å². The first kappa shape index (κ1) is 22.2. The summed E-state index contributed by atoms with van der Waals surface area (Å²) >= 11 is 0. The third-order valence-electron chi connectivity index (χ3n) is 5.02. The first-order chi connectivity index (χ1) is 15.8. The zero-order valence-electron chi connectivity index (χ0n) is 17.7. The first-order valence-corrected chi connectivity index (χ1v) is 11.5. The van der Waals surface area contributed by atoms with Crippen LogP contribution in [0.25, 0.3) is 33.3 Å². The minimum atomic E-state index is -4.02. The number of phenolic OH excluding ortho intramolecular Hbond substituents is 1. The van der Waals surface area contributed by atoms with Crippen LogP contribution in [0, 0.1) is 6.92 Å². The molecule has 0 aliphatic carbocycles. The number of hydrogen-bond donors (Lipinski definition) is 3. The second-order valence-corrected chi connectivity index (χ2v) is 8.82. The van der Waals surface area contributed by atoms with Gasteiger partial charge in [0.15, 0.2) is 0 Å². The zero-order chi connectivity index (χ0) is 23.4. The minimum Gasteiger partial charge on any atom is -0.508 e. The SMILES string of the molecule is Cc1ccc(S(=O)(=O)O)cc1.Oc1cccc(-c2cnc3[nH]cc(-c4ccncc4)c3c2)c1. The zero-order valence-corrected chi connectivity index (χ0v) is 18.5. The molecule has 2 aromatic carbocycles. The molecule has 0 radical (unpaired) electrons. The van der Waals surface area contributed by atoms with Crippen molar-refractivity contribution >= 4 is 21.2 Å². The van der Waals surface area contributed by atoms with Gasteiger partial charge in [-0.2, -0.15) is 8.42 Å². The molecule has 0 bridgehead atoms. The Bertz CT molecular complexity index is 1500. The van der Waals surface area contributed by atoms with Crippen LogP contribution in [-0.4, -0.2) is 33.0 Å². The van der Waals surface area contributed by atoms with Crippen molar-refractivity contribution < 1.29 is 18.1 Å². The number of fused-ring (bicyclic) bond motifs is 1. The first-order valence-electron chi connectivity index (χ1n) is 10.0. The summed E-state index contributed by atoms with van der Waals surface area (Å²) in [6.45, 7) is 1.84. The van der Waals surface area contributed by atoms with E-state index in [1.54, 1.807) is 36.7 Å². The predicted octanol–water partition coefficient (Wildman–Crippen LogP) is 5.24. The molecule has 7 nitrogen and oxygen atoms in total. The summed E-state index contributed by atoms with van der Waals surface area (Å²) in [5.74, 6) is 0.251. The van der Waals surface area contributed by atoms with Crippen molar-refractivity contribution in [3.05, 3.63) is 97.1 Å². The van der Waals surface area contributed by atoms with Crippen molar-refractivity contribution in [2.24, 2.45) is 0 Å². The molecule has 0 saturated carbocycles. The van der Waals surface area contributed by atoms with Gasteiger partial charge in [-0.25, -0.2) is 4.98 Å². The van der Waals surface area contributed by atoms with Gasteiger partial charge in [0.05, 0.1) is 4.90 Å². The molecule has 0 fully saturated rings. The lowest BCUT2D eigenvalue weighted by Gasteiger charge is -2.04. The number of aromatic nitrogens is 3. The predicted molar refractivity (Wildman–Crippen MR) is 127 cm³/mol. The summed E-state index contributed by atoms with van der Waals surface area (Å²) in [5, 5.41) is 10.7. The second-order valence-electron chi connectivity index (χ2n) is 7.40. The van der Waals surface area contributed by atoms with E-state index in [9.17, 15) is 13.5 Å². The summed E-state index contributed by atoms with van der Waals surface area (Å²) in [6, 6.07) is 19.2. The molecule has 5 aromatic rings. The third kappa shape index (κ3) is 5.25. The summed E-state index contributed by atoms with van der Waals surface area (Å²) < 4.78 is 29.6. The molecule has 0 unspecified atom stereocenters. The summed E-state index contributed by atoms with van der Waals surface area (Å²) in [7, 11) is -4.02. The minimum absolute atomic E-state index is 0.0666. The molecule has 0 spiro atoms. The highest BCUT2D eigenvalue weighted by atomic mass is 32.2. The van der Waals surface area contributed by atoms with Gasteiger partial charge in [-0.15, -0.1) is 0 Å². The van der Waals surface area contributed by atoms with E-state index in [2.05, 4.69) is 21.0 Å². The van der Waals surface area contributed by atoms with Crippen molar-refractivity contribution in [1.29, 1.82) is 0 Å². The summed E-state index contributed by atoms with van der Waals surface area (Å²) in [4.78, 5) is 11.7. The molecule has 3 heterocycles. The molecule has 3 aromatic heterocycles. The fourth-order valence-electron chi connectivity index (χ4n) is 3.33. The van der Waals surface area contributed by atoms with E-state index >= 15 is 0 Å². The maximum atomic E-state index is 10.5. The number of nitrogens with one attached hydrogen (secondary N) is 1. The van der Waals surface area contributed by atoms with Crippen molar-refractivity contribution in [3.8, 4) is 28.0 Å². The number of hydrogen-bond acceptors (Lipinski definition) is 5. The molecule has 166 valence electrons. The Hall–Kier alpha value is -4.01. The number of aryl methyl sites for hydroxylation is 1. The molecule has 5 rings (SSSR count). The number of aromatic amines is 1. The normalized spacial score (nSPS) is 11.1. The van der Waals surface area contributed by atoms with Crippen LogP contribution in [0.3, 0.4) is 0 Å². The highest BCUT2D eigenvalue weighted by molar-refractivity contribution is 7.85. The van der Waals surface area contributed by atoms with E-state index < -0.39 is 10.1 Å². The number of nitrogens with zero attached hydrogens (tertiary/aromatic N) is 2. The molecule has 8 heteroatoms. The fourth-order valence-corrected chi connectivity index (χ4v) is 3.81. The van der Waals surface area contributed by atoms with E-state index in [1.807, 2.05) is 43.6 Å². The number of H-pyrrole nitrogens is 1. The van der Waals surface area contributed by atoms with E-state index in [0.717, 1.165) is 38.9 Å². The van der Waals surface area contributed by atoms with Gasteiger partial charge in [-0.1, -0.05) is 29.8 Å². The van der Waals surface area contributed by atoms with E-state index in [0.29, 0.717) is 0 Å². The Morgan fingerprint density at radius 2 is 1.61 bits per heavy atom. The van der Waals surface area contributed by atoms with Crippen LogP contribution in [-0.2, 0) is 10.1 Å². The van der Waals surface area contributed by atoms with E-state index in [1.165, 1.54) is 12.1 Å². The van der Waals surface area contributed by atoms with Gasteiger partial charge >= 0.3 is 0 Å². The van der Waals surface area contributed by atoms with Gasteiger partial charge in [0.2, 0.25) is 0 Å². The van der Waals surface area contributed by atoms with Crippen LogP contribution >= 0.6 is 0 Å². The third-order valence-corrected chi connectivity index (χ3v) is 5.89. The van der Waals surface area contributed by atoms with Crippen LogP contribution in [0.2, 0.25) is 0 Å². The lowest BCUT2D eigenvalue weighted by Crippen LogP contribution is -1.96. The van der Waals surface area contributed by atoms with Gasteiger partial charge in [0.25, 0.3) is 10.1 Å². The highest BCUT2D eigenvalue weighted by Crippen LogP contribution is 2.31. The molecule has 0 amide bonds. The molecular formula is C25H21N3O4S. The average molecular weight is 460 g/mol. The van der Waals surface area contributed by atoms with Gasteiger partial charge < -0.3 is 10.1 Å². The van der Waals surface area contributed by atoms with Gasteiger partial charge in [-0.05, 0) is 60.5 Å². The standard InChI is InChI=1S/C18H13N3O.C7H8O3S/c22-15-3-1-2-13(8-15)14-9-16-17(11-21-18(16)20-10-14)12-4-6-19-7-5-12;1-6-2-4-7(5-3-6)11(8,9)10/h1-11,22H,(H,20,21);2-5H,1H3,(H,8,9,10). The topological polar surface area (TPSA) is 116 Å². The second kappa shape index (κ2) is 9.23. The number of rotatable bonds is 3. The van der Waals surface area contributed by atoms with Crippen molar-refractivity contribution in [1.82, 2.24) is 15.0 Å². The highest BCUT2D eigenvalue weighted by Gasteiger charge is 2.09. The lowest BCUT2D eigenvalue weighted by atomic mass is 10.0. The summed E-state index contributed by atoms with van der Waals surface area (Å²) in [6.07, 6.45) is 7.32. The molecule has 33 heavy (non-hydrogen) atoms. The maximum Gasteiger partial charge on any atom is 0.294 e. The lowest BCUT2D eigenvalue weighted by molar-refractivity contribution is 0.475. The number of phenols is 1. The molecule has 0 saturated heterocycles. The summed E-state index contributed by atoms with van der Waals surface area (Å²) in [5.41, 5.74) is 5.89. The Morgan fingerprint density at radius 1 is 0.879 bits per heavy atom. The van der Waals surface area contributed by atoms with Crippen molar-refractivity contribution in [2.45, 2.75) is 11.8 Å². The number of benzene rings is 2. The molecule has 0 aliphatic heterocycles. The van der Waals surface area contributed by atoms with Crippen molar-refractivity contribution in [2.75, 3.05) is 0 Å². The van der Waals surface area contributed by atoms with Crippen LogP contribution in [0.5, 0.6) is 5.75 Å². The van der Waals surface area contributed by atoms with Gasteiger partial charge in [0, 0.05) is 41.3 Å². The number of pyridine rings is 2. The fraction of sp³-hybridized carbons (Fsp3) is 0.0400. The van der Waals surface area contributed by atoms with Crippen LogP contribution in [0.1, 0.15) is 5.56 Å². The van der Waals surface area contributed by atoms with Crippen molar-refractivity contribution in [3.63, 3.8) is 0 Å². The van der Waals surface area contributed by atoms with Crippen LogP contribution in [0.4, 0.5) is 0 Å². The Balaban J connectivity index is 0.000000200. The quantitative estimate of drug-likeness (QED) is 0.318. The molecule has 0 aliphatic rings. The Kier molecular flexibility index (Phi) is 6.21. The molecular weight excluding hydrogens is 438 g/mol. The Labute approximate surface area is 191 Å². The van der Waals surface area contributed by atoms with E-state index in [4.69, 9.17) is 4.55 Å². The largest absolute Gasteiger partial charge is 0.508 e. The molecule has 0 atom stereocenters. The van der Waals surface area contributed by atoms with Crippen LogP contribution in [0.15, 0.2) is 96.4 Å².